The summed E-state index contributed by atoms with van der Waals surface area (Å²) in [5.74, 6) is -51.7. The number of halogens is 17. The fraction of sp³-hybridized carbons (Fsp3) is 1.00. The lowest BCUT2D eigenvalue weighted by molar-refractivity contribution is -0.458. The van der Waals surface area contributed by atoms with Gasteiger partial charge in [-0.3, -0.25) is 0 Å². The molecule has 0 aliphatic heterocycles. The predicted octanol–water partition coefficient (Wildman–Crippen LogP) is 6.13. The lowest BCUT2D eigenvalue weighted by atomic mass is 9.91. The molecule has 0 atom stereocenters. The molecule has 0 heterocycles. The molecule has 3 nitrogen and oxygen atoms in total. The summed E-state index contributed by atoms with van der Waals surface area (Å²) in [4.78, 5) is 0. The van der Waals surface area contributed by atoms with Crippen LogP contribution in [0.4, 0.5) is 74.6 Å². The minimum Gasteiger partial charge on any atom is -0.311 e. The van der Waals surface area contributed by atoms with Gasteiger partial charge in [-0.1, -0.05) is 0 Å². The van der Waals surface area contributed by atoms with E-state index >= 15 is 0 Å². The lowest BCUT2D eigenvalue weighted by Gasteiger charge is -2.42. The van der Waals surface area contributed by atoms with Gasteiger partial charge >= 0.3 is 57.1 Å². The highest BCUT2D eigenvalue weighted by molar-refractivity contribution is 7.88. The smallest absolute Gasteiger partial charge is 0.311 e. The molecule has 0 rings (SSSR count). The van der Waals surface area contributed by atoms with Gasteiger partial charge in [0.2, 0.25) is 8.32 Å². The summed E-state index contributed by atoms with van der Waals surface area (Å²) in [6.07, 6.45) is -7.87. The quantitative estimate of drug-likeness (QED) is 0.247. The summed E-state index contributed by atoms with van der Waals surface area (Å²) >= 11 is 0. The summed E-state index contributed by atoms with van der Waals surface area (Å²) < 4.78 is 248. The van der Waals surface area contributed by atoms with E-state index < -0.39 is 65.4 Å². The van der Waals surface area contributed by atoms with Gasteiger partial charge in [-0.25, -0.2) is 0 Å². The molecular weight excluding hydrogens is 563 g/mol. The maximum Gasteiger partial charge on any atom is 0.460 e. The highest BCUT2D eigenvalue weighted by atomic mass is 32.2. The Bertz CT molecular complexity index is 839. The standard InChI is InChI=1S/C11H9F17O3SSi/c1-33(2,3)31-32(29,30)11(27,28)9(22,23)7(18,19)5(14,15)4(12,13)6(16,17)8(20,21)10(24,25)26/h1-3H3. The predicted molar refractivity (Wildman–Crippen MR) is 74.0 cm³/mol. The molecule has 0 N–H and O–H groups in total. The Kier molecular flexibility index (Phi) is 7.47. The Morgan fingerprint density at radius 3 is 0.970 bits per heavy atom. The van der Waals surface area contributed by atoms with E-state index in [1.54, 1.807) is 0 Å². The van der Waals surface area contributed by atoms with Crippen molar-refractivity contribution in [2.45, 2.75) is 66.6 Å². The summed E-state index contributed by atoms with van der Waals surface area (Å²) in [6, 6.07) is 0. The van der Waals surface area contributed by atoms with Crippen LogP contribution in [0.3, 0.4) is 0 Å². The molecule has 0 aliphatic carbocycles. The number of rotatable bonds is 9. The highest BCUT2D eigenvalue weighted by Crippen LogP contribution is 2.64. The van der Waals surface area contributed by atoms with Crippen LogP contribution in [0.15, 0.2) is 0 Å². The van der Waals surface area contributed by atoms with Crippen molar-refractivity contribution in [1.82, 2.24) is 0 Å². The monoisotopic (exact) mass is 572 g/mol. The van der Waals surface area contributed by atoms with Gasteiger partial charge in [0.05, 0.1) is 0 Å². The van der Waals surface area contributed by atoms with Gasteiger partial charge in [0.1, 0.15) is 0 Å². The van der Waals surface area contributed by atoms with Crippen molar-refractivity contribution in [3.05, 3.63) is 0 Å². The van der Waals surface area contributed by atoms with E-state index in [2.05, 4.69) is 3.87 Å². The van der Waals surface area contributed by atoms with E-state index in [9.17, 15) is 83.1 Å². The third-order valence-corrected chi connectivity index (χ3v) is 7.13. The zero-order valence-corrected chi connectivity index (χ0v) is 17.4. The number of alkyl halides is 17. The van der Waals surface area contributed by atoms with E-state index in [1.165, 1.54) is 0 Å². The molecule has 0 bridgehead atoms. The van der Waals surface area contributed by atoms with Crippen LogP contribution in [0.2, 0.25) is 19.6 Å². The van der Waals surface area contributed by atoms with Gasteiger partial charge in [-0.05, 0) is 19.6 Å². The first-order valence-electron chi connectivity index (χ1n) is 7.37. The van der Waals surface area contributed by atoms with Crippen molar-refractivity contribution in [1.29, 1.82) is 0 Å². The zero-order chi connectivity index (χ0) is 27.7. The van der Waals surface area contributed by atoms with Crippen LogP contribution in [-0.2, 0) is 14.0 Å². The van der Waals surface area contributed by atoms with Gasteiger partial charge in [0.15, 0.2) is 0 Å². The largest absolute Gasteiger partial charge is 0.460 e. The first-order valence-corrected chi connectivity index (χ1v) is 12.2. The van der Waals surface area contributed by atoms with Crippen molar-refractivity contribution >= 4 is 18.4 Å². The summed E-state index contributed by atoms with van der Waals surface area (Å²) in [6.45, 7) is 1.83. The normalized spacial score (nSPS) is 16.8. The molecule has 0 fully saturated rings. The van der Waals surface area contributed by atoms with Crippen molar-refractivity contribution in [3.8, 4) is 0 Å². The molecule has 0 saturated heterocycles. The first-order chi connectivity index (χ1) is 13.7. The van der Waals surface area contributed by atoms with Crippen molar-refractivity contribution in [3.63, 3.8) is 0 Å². The van der Waals surface area contributed by atoms with Crippen LogP contribution < -0.4 is 0 Å². The molecule has 0 amide bonds. The molecule has 33 heavy (non-hydrogen) atoms. The summed E-state index contributed by atoms with van der Waals surface area (Å²) in [5.41, 5.74) is 0. The third kappa shape index (κ3) is 4.38. The van der Waals surface area contributed by atoms with Gasteiger partial charge in [-0.2, -0.15) is 83.1 Å². The van der Waals surface area contributed by atoms with Crippen LogP contribution in [0.5, 0.6) is 0 Å². The molecule has 0 unspecified atom stereocenters. The molecule has 0 aromatic rings. The van der Waals surface area contributed by atoms with Gasteiger partial charge in [0, 0.05) is 0 Å². The minimum absolute atomic E-state index is 0.611. The molecule has 22 heteroatoms. The maximum absolute atomic E-state index is 13.6. The van der Waals surface area contributed by atoms with Crippen LogP contribution in [-0.4, -0.2) is 63.7 Å². The van der Waals surface area contributed by atoms with Crippen LogP contribution in [0.25, 0.3) is 0 Å². The molecule has 0 spiro atoms. The molecule has 200 valence electrons. The number of hydrogen-bond acceptors (Lipinski definition) is 3. The Morgan fingerprint density at radius 1 is 0.485 bits per heavy atom. The third-order valence-electron chi connectivity index (χ3n) is 3.37. The Balaban J connectivity index is 6.96. The van der Waals surface area contributed by atoms with E-state index in [-0.39, 0.29) is 0 Å². The molecule has 0 radical (unpaired) electrons. The lowest BCUT2D eigenvalue weighted by Crippen LogP contribution is -2.75. The number of hydrogen-bond donors (Lipinski definition) is 0. The zero-order valence-electron chi connectivity index (χ0n) is 15.6. The average molecular weight is 572 g/mol. The average Bonchev–Trinajstić information content (AvgIpc) is 2.49. The minimum atomic E-state index is -8.85. The van der Waals surface area contributed by atoms with Crippen molar-refractivity contribution in [2.24, 2.45) is 0 Å². The Morgan fingerprint density at radius 2 is 0.727 bits per heavy atom. The molecular formula is C11H9F17O3SSi. The Hall–Kier alpha value is -1.06. The maximum atomic E-state index is 13.6. The second kappa shape index (κ2) is 7.72. The topological polar surface area (TPSA) is 43.4 Å². The Labute approximate surface area is 173 Å². The van der Waals surface area contributed by atoms with Crippen molar-refractivity contribution in [2.75, 3.05) is 0 Å². The van der Waals surface area contributed by atoms with E-state index in [1.807, 2.05) is 0 Å². The van der Waals surface area contributed by atoms with E-state index in [4.69, 9.17) is 0 Å². The van der Waals surface area contributed by atoms with Crippen LogP contribution in [0.1, 0.15) is 0 Å². The second-order valence-corrected chi connectivity index (χ2v) is 13.4. The SMILES string of the molecule is C[Si](C)(C)OS(=O)(=O)C(F)(F)C(F)(F)C(F)(F)C(F)(F)C(F)(F)C(F)(F)C(F)(F)C(F)(F)F. The molecule has 0 aromatic heterocycles. The second-order valence-electron chi connectivity index (χ2n) is 7.11. The summed E-state index contributed by atoms with van der Waals surface area (Å²) in [7, 11) is -11.5. The molecule has 0 saturated carbocycles. The summed E-state index contributed by atoms with van der Waals surface area (Å²) in [5, 5.41) is -7.62. The van der Waals surface area contributed by atoms with E-state index in [0.717, 1.165) is 0 Å². The fourth-order valence-electron chi connectivity index (χ4n) is 1.69. The fourth-order valence-corrected chi connectivity index (χ4v) is 5.18. The highest BCUT2D eigenvalue weighted by Gasteiger charge is 2.96. The van der Waals surface area contributed by atoms with E-state index in [0.29, 0.717) is 19.6 Å². The van der Waals surface area contributed by atoms with Gasteiger partial charge in [0.25, 0.3) is 0 Å². The van der Waals surface area contributed by atoms with Crippen molar-refractivity contribution < 1.29 is 86.9 Å². The van der Waals surface area contributed by atoms with Gasteiger partial charge < -0.3 is 3.87 Å². The first kappa shape index (κ1) is 31.9. The molecule has 0 aliphatic rings. The van der Waals surface area contributed by atoms with Crippen LogP contribution in [0, 0.1) is 0 Å². The van der Waals surface area contributed by atoms with Gasteiger partial charge in [-0.15, -0.1) is 0 Å². The van der Waals surface area contributed by atoms with Crippen LogP contribution >= 0.6 is 0 Å². The molecule has 0 aromatic carbocycles.